The summed E-state index contributed by atoms with van der Waals surface area (Å²) in [7, 11) is 1.80. The molecule has 3 rings (SSSR count). The highest BCUT2D eigenvalue weighted by molar-refractivity contribution is 7.09. The molecule has 0 bridgehead atoms. The average molecular weight is 376 g/mol. The lowest BCUT2D eigenvalue weighted by molar-refractivity contribution is 0.261. The van der Waals surface area contributed by atoms with Gasteiger partial charge in [-0.05, 0) is 35.7 Å². The lowest BCUT2D eigenvalue weighted by atomic mass is 10.2. The molecule has 1 saturated heterocycles. The summed E-state index contributed by atoms with van der Waals surface area (Å²) >= 11 is 1.74. The first-order valence-electron chi connectivity index (χ1n) is 8.94. The molecule has 0 radical (unpaired) electrons. The van der Waals surface area contributed by atoms with Gasteiger partial charge in [0.1, 0.15) is 5.82 Å². The van der Waals surface area contributed by atoms with Crippen molar-refractivity contribution in [1.29, 1.82) is 0 Å². The van der Waals surface area contributed by atoms with E-state index in [2.05, 4.69) is 42.9 Å². The number of hydrogen-bond donors (Lipinski definition) is 2. The molecule has 5 nitrogen and oxygen atoms in total. The molecule has 26 heavy (non-hydrogen) atoms. The van der Waals surface area contributed by atoms with E-state index in [0.717, 1.165) is 57.5 Å². The summed E-state index contributed by atoms with van der Waals surface area (Å²) in [6, 6.07) is 10.9. The van der Waals surface area contributed by atoms with Crippen LogP contribution in [-0.2, 0) is 6.54 Å². The summed E-state index contributed by atoms with van der Waals surface area (Å²) in [6.45, 7) is 6.61. The van der Waals surface area contributed by atoms with E-state index in [0.29, 0.717) is 0 Å². The number of nitrogens with one attached hydrogen (secondary N) is 2. The van der Waals surface area contributed by atoms with Gasteiger partial charge in [0.25, 0.3) is 0 Å². The second-order valence-corrected chi connectivity index (χ2v) is 7.27. The fraction of sp³-hybridized carbons (Fsp3) is 0.421. The Balaban J connectivity index is 1.34. The molecule has 2 heterocycles. The highest BCUT2D eigenvalue weighted by atomic mass is 32.1. The number of nitrogens with zero attached hydrogens (tertiary/aromatic N) is 3. The Labute approximate surface area is 158 Å². The molecule has 2 aromatic rings. The minimum atomic E-state index is -0.181. The maximum atomic E-state index is 13.0. The minimum absolute atomic E-state index is 0.181. The van der Waals surface area contributed by atoms with Crippen LogP contribution < -0.4 is 15.5 Å². The van der Waals surface area contributed by atoms with Crippen molar-refractivity contribution in [3.05, 3.63) is 52.5 Å². The average Bonchev–Trinajstić information content (AvgIpc) is 3.19. The third kappa shape index (κ3) is 5.44. The van der Waals surface area contributed by atoms with Gasteiger partial charge in [0.2, 0.25) is 0 Å². The van der Waals surface area contributed by atoms with Crippen molar-refractivity contribution in [3.8, 4) is 0 Å². The molecule has 1 aromatic heterocycles. The molecule has 7 heteroatoms. The molecule has 0 amide bonds. The number of thiophene rings is 1. The quantitative estimate of drug-likeness (QED) is 0.601. The van der Waals surface area contributed by atoms with Gasteiger partial charge in [0, 0.05) is 56.9 Å². The van der Waals surface area contributed by atoms with Gasteiger partial charge in [0.15, 0.2) is 5.96 Å². The number of benzene rings is 1. The van der Waals surface area contributed by atoms with Gasteiger partial charge in [0.05, 0.1) is 6.54 Å². The molecule has 1 aromatic carbocycles. The molecule has 0 unspecified atom stereocenters. The Hall–Kier alpha value is -2.12. The SMILES string of the molecule is CN=C(NCCN1CCN(c2ccc(F)cc2)CC1)NCc1cccs1. The van der Waals surface area contributed by atoms with E-state index in [1.165, 1.54) is 17.0 Å². The smallest absolute Gasteiger partial charge is 0.191 e. The molecular weight excluding hydrogens is 349 g/mol. The molecule has 1 aliphatic rings. The first-order valence-corrected chi connectivity index (χ1v) is 9.82. The highest BCUT2D eigenvalue weighted by Gasteiger charge is 2.16. The zero-order chi connectivity index (χ0) is 18.2. The van der Waals surface area contributed by atoms with Crippen molar-refractivity contribution >= 4 is 23.0 Å². The fourth-order valence-corrected chi connectivity index (χ4v) is 3.66. The van der Waals surface area contributed by atoms with Crippen LogP contribution in [-0.4, -0.2) is 57.2 Å². The summed E-state index contributed by atoms with van der Waals surface area (Å²) in [5.41, 5.74) is 1.10. The van der Waals surface area contributed by atoms with Crippen molar-refractivity contribution < 1.29 is 4.39 Å². The Morgan fingerprint density at radius 3 is 2.54 bits per heavy atom. The van der Waals surface area contributed by atoms with Crippen LogP contribution in [0.4, 0.5) is 10.1 Å². The third-order valence-electron chi connectivity index (χ3n) is 4.52. The van der Waals surface area contributed by atoms with Crippen LogP contribution in [0.15, 0.2) is 46.8 Å². The van der Waals surface area contributed by atoms with Crippen molar-refractivity contribution in [2.24, 2.45) is 4.99 Å². The molecule has 2 N–H and O–H groups in total. The zero-order valence-electron chi connectivity index (χ0n) is 15.1. The standard InChI is InChI=1S/C19H26FN5S/c1-21-19(23-15-18-3-2-14-26-18)22-8-9-24-10-12-25(13-11-24)17-6-4-16(20)5-7-17/h2-7,14H,8-13,15H2,1H3,(H2,21,22,23). The van der Waals surface area contributed by atoms with E-state index in [1.807, 2.05) is 12.1 Å². The highest BCUT2D eigenvalue weighted by Crippen LogP contribution is 2.16. The van der Waals surface area contributed by atoms with Gasteiger partial charge in [-0.1, -0.05) is 6.07 Å². The van der Waals surface area contributed by atoms with Crippen LogP contribution in [0.5, 0.6) is 0 Å². The van der Waals surface area contributed by atoms with Gasteiger partial charge >= 0.3 is 0 Å². The number of guanidine groups is 1. The third-order valence-corrected chi connectivity index (χ3v) is 5.39. The molecular formula is C19H26FN5S. The van der Waals surface area contributed by atoms with E-state index in [4.69, 9.17) is 0 Å². The first-order chi connectivity index (χ1) is 12.7. The van der Waals surface area contributed by atoms with Crippen molar-refractivity contribution in [3.63, 3.8) is 0 Å². The summed E-state index contributed by atoms with van der Waals surface area (Å²) < 4.78 is 13.0. The minimum Gasteiger partial charge on any atom is -0.369 e. The molecule has 0 aliphatic carbocycles. The van der Waals surface area contributed by atoms with Crippen LogP contribution in [0.1, 0.15) is 4.88 Å². The first kappa shape index (κ1) is 18.7. The number of anilines is 1. The van der Waals surface area contributed by atoms with Gasteiger partial charge in [-0.3, -0.25) is 9.89 Å². The summed E-state index contributed by atoms with van der Waals surface area (Å²) in [5.74, 6) is 0.655. The number of halogens is 1. The Bertz CT molecular complexity index is 678. The lowest BCUT2D eigenvalue weighted by Crippen LogP contribution is -2.49. The normalized spacial score (nSPS) is 15.9. The maximum absolute atomic E-state index is 13.0. The van der Waals surface area contributed by atoms with Crippen molar-refractivity contribution in [2.75, 3.05) is 51.2 Å². The Kier molecular flexibility index (Phi) is 6.85. The van der Waals surface area contributed by atoms with Gasteiger partial charge in [-0.25, -0.2) is 4.39 Å². The van der Waals surface area contributed by atoms with E-state index >= 15 is 0 Å². The monoisotopic (exact) mass is 375 g/mol. The van der Waals surface area contributed by atoms with Crippen LogP contribution in [0.25, 0.3) is 0 Å². The zero-order valence-corrected chi connectivity index (χ0v) is 15.9. The molecule has 0 atom stereocenters. The predicted molar refractivity (Wildman–Crippen MR) is 108 cm³/mol. The van der Waals surface area contributed by atoms with Crippen LogP contribution in [0.2, 0.25) is 0 Å². The lowest BCUT2D eigenvalue weighted by Gasteiger charge is -2.36. The summed E-state index contributed by atoms with van der Waals surface area (Å²) in [5, 5.41) is 8.79. The van der Waals surface area contributed by atoms with Gasteiger partial charge in [-0.15, -0.1) is 11.3 Å². The molecule has 0 saturated carbocycles. The van der Waals surface area contributed by atoms with Crippen molar-refractivity contribution in [2.45, 2.75) is 6.54 Å². The molecule has 1 aliphatic heterocycles. The number of rotatable bonds is 6. The topological polar surface area (TPSA) is 42.9 Å². The fourth-order valence-electron chi connectivity index (χ4n) is 3.02. The predicted octanol–water partition coefficient (Wildman–Crippen LogP) is 2.37. The Morgan fingerprint density at radius 2 is 1.88 bits per heavy atom. The van der Waals surface area contributed by atoms with E-state index in [9.17, 15) is 4.39 Å². The van der Waals surface area contributed by atoms with Crippen LogP contribution in [0, 0.1) is 5.82 Å². The molecule has 140 valence electrons. The van der Waals surface area contributed by atoms with Gasteiger partial charge < -0.3 is 15.5 Å². The summed E-state index contributed by atoms with van der Waals surface area (Å²) in [4.78, 5) is 10.3. The van der Waals surface area contributed by atoms with E-state index in [-0.39, 0.29) is 5.82 Å². The molecule has 0 spiro atoms. The second kappa shape index (κ2) is 9.54. The van der Waals surface area contributed by atoms with Crippen LogP contribution in [0.3, 0.4) is 0 Å². The molecule has 1 fully saturated rings. The number of piperazine rings is 1. The van der Waals surface area contributed by atoms with Crippen LogP contribution >= 0.6 is 11.3 Å². The van der Waals surface area contributed by atoms with Crippen molar-refractivity contribution in [1.82, 2.24) is 15.5 Å². The van der Waals surface area contributed by atoms with Gasteiger partial charge in [-0.2, -0.15) is 0 Å². The number of aliphatic imine (C=N–C) groups is 1. The van der Waals surface area contributed by atoms with E-state index < -0.39 is 0 Å². The second-order valence-electron chi connectivity index (χ2n) is 6.24. The summed E-state index contributed by atoms with van der Waals surface area (Å²) in [6.07, 6.45) is 0. The maximum Gasteiger partial charge on any atom is 0.191 e. The number of hydrogen-bond acceptors (Lipinski definition) is 4. The van der Waals surface area contributed by atoms with E-state index in [1.54, 1.807) is 18.4 Å². The largest absolute Gasteiger partial charge is 0.369 e. The Morgan fingerprint density at radius 1 is 1.12 bits per heavy atom.